The molecule has 11 aromatic rings. The van der Waals surface area contributed by atoms with Gasteiger partial charge in [-0.1, -0.05) is 127 Å². The maximum atomic E-state index is 2.62. The van der Waals surface area contributed by atoms with Crippen LogP contribution in [0.4, 0.5) is 0 Å². The van der Waals surface area contributed by atoms with Crippen LogP contribution in [0.15, 0.2) is 152 Å². The van der Waals surface area contributed by atoms with Gasteiger partial charge in [0, 0.05) is 32.9 Å². The van der Waals surface area contributed by atoms with Gasteiger partial charge in [0.25, 0.3) is 6.71 Å². The zero-order valence-electron chi connectivity index (χ0n) is 27.4. The second-order valence-corrected chi connectivity index (χ2v) is 14.7. The van der Waals surface area contributed by atoms with Crippen LogP contribution in [0.2, 0.25) is 0 Å². The molecular weight excluding hydrogens is 615 g/mol. The number of nitrogens with zero attached hydrogens (tertiary/aromatic N) is 2. The highest BCUT2D eigenvalue weighted by Crippen LogP contribution is 2.50. The fourth-order valence-corrected chi connectivity index (χ4v) is 10.8. The van der Waals surface area contributed by atoms with Crippen LogP contribution in [-0.2, 0) is 0 Å². The number of benzene rings is 9. The molecule has 0 spiro atoms. The Hall–Kier alpha value is -6.58. The maximum Gasteiger partial charge on any atom is 0.252 e. The normalized spacial score (nSPS) is 13.5. The van der Waals surface area contributed by atoms with E-state index in [4.69, 9.17) is 0 Å². The van der Waals surface area contributed by atoms with Gasteiger partial charge in [0.15, 0.2) is 0 Å². The van der Waals surface area contributed by atoms with Crippen LogP contribution < -0.4 is 16.4 Å². The first kappa shape index (κ1) is 25.4. The molecule has 3 aliphatic rings. The molecule has 51 heavy (non-hydrogen) atoms. The highest BCUT2D eigenvalue weighted by molar-refractivity contribution is 7.00. The van der Waals surface area contributed by atoms with Gasteiger partial charge in [-0.05, 0) is 95.2 Å². The van der Waals surface area contributed by atoms with Gasteiger partial charge in [0.1, 0.15) is 0 Å². The van der Waals surface area contributed by atoms with Gasteiger partial charge in [-0.25, -0.2) is 0 Å². The lowest BCUT2D eigenvalue weighted by atomic mass is 9.34. The van der Waals surface area contributed by atoms with Gasteiger partial charge >= 0.3 is 0 Å². The Morgan fingerprint density at radius 3 is 1.75 bits per heavy atom. The molecule has 0 radical (unpaired) electrons. The second-order valence-electron chi connectivity index (χ2n) is 14.7. The van der Waals surface area contributed by atoms with Crippen molar-refractivity contribution in [1.29, 1.82) is 0 Å². The number of fused-ring (bicyclic) bond motifs is 15. The van der Waals surface area contributed by atoms with Crippen LogP contribution in [0, 0.1) is 0 Å². The first-order chi connectivity index (χ1) is 25.3. The molecular formula is C48H25BN2. The first-order valence-corrected chi connectivity index (χ1v) is 18.0. The fourth-order valence-electron chi connectivity index (χ4n) is 10.8. The van der Waals surface area contributed by atoms with Gasteiger partial charge in [-0.15, -0.1) is 0 Å². The van der Waals surface area contributed by atoms with Crippen molar-refractivity contribution in [3.05, 3.63) is 152 Å². The van der Waals surface area contributed by atoms with Gasteiger partial charge < -0.3 is 9.13 Å². The third-order valence-electron chi connectivity index (χ3n) is 12.6. The molecule has 0 atom stereocenters. The van der Waals surface area contributed by atoms with E-state index in [1.807, 2.05) is 0 Å². The zero-order valence-corrected chi connectivity index (χ0v) is 27.4. The van der Waals surface area contributed by atoms with Gasteiger partial charge in [0.2, 0.25) is 0 Å². The third kappa shape index (κ3) is 2.72. The highest BCUT2D eigenvalue weighted by Gasteiger charge is 2.42. The average Bonchev–Trinajstić information content (AvgIpc) is 3.69. The quantitative estimate of drug-likeness (QED) is 0.146. The van der Waals surface area contributed by atoms with Crippen LogP contribution in [0.1, 0.15) is 0 Å². The lowest BCUT2D eigenvalue weighted by molar-refractivity contribution is 1.14. The van der Waals surface area contributed by atoms with Gasteiger partial charge in [-0.3, -0.25) is 0 Å². The molecule has 0 fully saturated rings. The third-order valence-corrected chi connectivity index (χ3v) is 12.6. The molecule has 0 saturated heterocycles. The molecule has 9 aromatic carbocycles. The zero-order chi connectivity index (χ0) is 32.7. The predicted octanol–water partition coefficient (Wildman–Crippen LogP) is 10.1. The molecule has 4 heterocycles. The Bertz CT molecular complexity index is 3490. The molecule has 2 aliphatic heterocycles. The summed E-state index contributed by atoms with van der Waals surface area (Å²) in [5, 5.41) is 13.4. The van der Waals surface area contributed by atoms with E-state index in [2.05, 4.69) is 161 Å². The fraction of sp³-hybridized carbons (Fsp3) is 0. The Kier molecular flexibility index (Phi) is 4.19. The largest absolute Gasteiger partial charge is 0.310 e. The molecule has 0 bridgehead atoms. The lowest BCUT2D eigenvalue weighted by Crippen LogP contribution is -2.59. The number of aromatic nitrogens is 2. The molecule has 0 saturated carbocycles. The summed E-state index contributed by atoms with van der Waals surface area (Å²) in [5.41, 5.74) is 17.3. The lowest BCUT2D eigenvalue weighted by Gasteiger charge is -2.34. The van der Waals surface area contributed by atoms with Crippen molar-refractivity contribution in [2.24, 2.45) is 0 Å². The van der Waals surface area contributed by atoms with Crippen LogP contribution >= 0.6 is 0 Å². The molecule has 0 N–H and O–H groups in total. The molecule has 1 aliphatic carbocycles. The van der Waals surface area contributed by atoms with Gasteiger partial charge in [-0.2, -0.15) is 0 Å². The second kappa shape index (κ2) is 8.41. The van der Waals surface area contributed by atoms with E-state index in [-0.39, 0.29) is 6.71 Å². The average molecular weight is 641 g/mol. The van der Waals surface area contributed by atoms with E-state index in [9.17, 15) is 0 Å². The van der Waals surface area contributed by atoms with Crippen molar-refractivity contribution in [3.8, 4) is 33.6 Å². The minimum atomic E-state index is 0.0986. The van der Waals surface area contributed by atoms with Crippen molar-refractivity contribution in [1.82, 2.24) is 9.13 Å². The van der Waals surface area contributed by atoms with Crippen molar-refractivity contribution >= 4 is 99.0 Å². The summed E-state index contributed by atoms with van der Waals surface area (Å²) in [6.07, 6.45) is 0. The molecule has 14 rings (SSSR count). The van der Waals surface area contributed by atoms with Crippen LogP contribution in [-0.4, -0.2) is 15.8 Å². The smallest absolute Gasteiger partial charge is 0.252 e. The maximum absolute atomic E-state index is 2.62. The van der Waals surface area contributed by atoms with E-state index in [1.54, 1.807) is 0 Å². The Labute approximate surface area is 292 Å². The summed E-state index contributed by atoms with van der Waals surface area (Å²) in [6.45, 7) is 0.0986. The monoisotopic (exact) mass is 640 g/mol. The Morgan fingerprint density at radius 2 is 0.941 bits per heavy atom. The van der Waals surface area contributed by atoms with E-state index in [0.717, 1.165) is 0 Å². The first-order valence-electron chi connectivity index (χ1n) is 18.0. The highest BCUT2D eigenvalue weighted by atomic mass is 15.0. The molecule has 0 amide bonds. The predicted molar refractivity (Wildman–Crippen MR) is 217 cm³/mol. The minimum Gasteiger partial charge on any atom is -0.310 e. The van der Waals surface area contributed by atoms with Crippen molar-refractivity contribution in [3.63, 3.8) is 0 Å². The van der Waals surface area contributed by atoms with E-state index in [1.165, 1.54) is 126 Å². The number of hydrogen-bond donors (Lipinski definition) is 0. The molecule has 230 valence electrons. The molecule has 2 nitrogen and oxygen atoms in total. The standard InChI is InChI=1S/C48H25BN2/c1-3-12-29-26(9-1)19-23-37-42(29)43-30-13-4-2-10-28(30)25-36-48(43)50(37)39-17-8-18-40-46(39)49(36)35-22-21-34-32-15-6-5-14-31(32)33-16-7-11-27-20-24-38-45(41(27)33)44(34)47(35)51(38)40/h1-25H. The Balaban J connectivity index is 1.25. The summed E-state index contributed by atoms with van der Waals surface area (Å²) >= 11 is 0. The summed E-state index contributed by atoms with van der Waals surface area (Å²) in [7, 11) is 0. The number of hydrogen-bond acceptors (Lipinski definition) is 0. The summed E-state index contributed by atoms with van der Waals surface area (Å²) in [5.74, 6) is 0. The molecule has 2 aromatic heterocycles. The van der Waals surface area contributed by atoms with E-state index in [0.29, 0.717) is 0 Å². The van der Waals surface area contributed by atoms with Gasteiger partial charge in [0.05, 0.1) is 22.1 Å². The SMILES string of the molecule is c1ccc2c(c1)-c1cccc3ccc4c(c13)c1c-2ccc2c1n4-c1cccc3c1B2c1cc2ccccc2c2c4c5ccccc5ccc4n-3c12. The summed E-state index contributed by atoms with van der Waals surface area (Å²) < 4.78 is 5.22. The Morgan fingerprint density at radius 1 is 0.353 bits per heavy atom. The minimum absolute atomic E-state index is 0.0986. The van der Waals surface area contributed by atoms with Crippen LogP contribution in [0.5, 0.6) is 0 Å². The van der Waals surface area contributed by atoms with Crippen molar-refractivity contribution in [2.45, 2.75) is 0 Å². The number of rotatable bonds is 0. The van der Waals surface area contributed by atoms with Crippen molar-refractivity contribution in [2.75, 3.05) is 0 Å². The van der Waals surface area contributed by atoms with Crippen LogP contribution in [0.25, 0.3) is 110 Å². The van der Waals surface area contributed by atoms with E-state index >= 15 is 0 Å². The van der Waals surface area contributed by atoms with Crippen molar-refractivity contribution < 1.29 is 0 Å². The summed E-state index contributed by atoms with van der Waals surface area (Å²) in [6, 6.07) is 57.7. The molecule has 0 unspecified atom stereocenters. The summed E-state index contributed by atoms with van der Waals surface area (Å²) in [4.78, 5) is 0. The topological polar surface area (TPSA) is 9.86 Å². The molecule has 3 heteroatoms. The van der Waals surface area contributed by atoms with Crippen LogP contribution in [0.3, 0.4) is 0 Å². The van der Waals surface area contributed by atoms with E-state index < -0.39 is 0 Å².